The summed E-state index contributed by atoms with van der Waals surface area (Å²) in [6.45, 7) is 0.895. The van der Waals surface area contributed by atoms with Gasteiger partial charge in [-0.2, -0.15) is 0 Å². The van der Waals surface area contributed by atoms with E-state index in [4.69, 9.17) is 11.6 Å². The molecule has 1 aromatic carbocycles. The highest BCUT2D eigenvalue weighted by molar-refractivity contribution is 5.57. The summed E-state index contributed by atoms with van der Waals surface area (Å²) in [6.07, 6.45) is 0.741. The third-order valence-electron chi connectivity index (χ3n) is 3.16. The molecule has 1 aliphatic heterocycles. The van der Waals surface area contributed by atoms with Gasteiger partial charge in [-0.15, -0.1) is 10.2 Å². The van der Waals surface area contributed by atoms with Crippen molar-refractivity contribution in [2.24, 2.45) is 0 Å². The maximum absolute atomic E-state index is 5.75. The molecule has 6 nitrogen and oxygen atoms in total. The van der Waals surface area contributed by atoms with E-state index in [2.05, 4.69) is 27.6 Å². The summed E-state index contributed by atoms with van der Waals surface area (Å²) >= 11 is 0. The first-order valence-corrected chi connectivity index (χ1v) is 5.53. The standard InChI is InChI=1S/C11H14N6/c12-11-16-15-10(17(11)13)5-7-6-14-9-4-2-1-3-8(7)9/h1-4,7,14H,5-6,13H2,(H2,12,16). The molecule has 6 heteroatoms. The van der Waals surface area contributed by atoms with Gasteiger partial charge in [-0.1, -0.05) is 18.2 Å². The molecule has 1 aromatic heterocycles. The molecule has 3 rings (SSSR count). The number of benzene rings is 1. The summed E-state index contributed by atoms with van der Waals surface area (Å²) in [4.78, 5) is 0. The Hall–Kier alpha value is -2.24. The summed E-state index contributed by atoms with van der Waals surface area (Å²) in [6, 6.07) is 8.27. The highest BCUT2D eigenvalue weighted by Gasteiger charge is 2.23. The molecule has 1 unspecified atom stereocenters. The third kappa shape index (κ3) is 1.57. The number of para-hydroxylation sites is 1. The van der Waals surface area contributed by atoms with Crippen LogP contribution in [0.4, 0.5) is 11.6 Å². The number of aromatic nitrogens is 3. The van der Waals surface area contributed by atoms with Gasteiger partial charge in [0, 0.05) is 24.6 Å². The van der Waals surface area contributed by atoms with Crippen molar-refractivity contribution in [3.63, 3.8) is 0 Å². The average Bonchev–Trinajstić information content (AvgIpc) is 2.89. The summed E-state index contributed by atoms with van der Waals surface area (Å²) < 4.78 is 1.35. The van der Waals surface area contributed by atoms with Crippen LogP contribution in [0.3, 0.4) is 0 Å². The highest BCUT2D eigenvalue weighted by atomic mass is 15.4. The molecule has 88 valence electrons. The molecule has 0 fully saturated rings. The molecule has 1 aliphatic rings. The second-order valence-electron chi connectivity index (χ2n) is 4.21. The molecule has 0 saturated heterocycles. The van der Waals surface area contributed by atoms with Gasteiger partial charge in [-0.05, 0) is 11.6 Å². The molecule has 2 aromatic rings. The Morgan fingerprint density at radius 3 is 2.94 bits per heavy atom. The van der Waals surface area contributed by atoms with Gasteiger partial charge in [-0.3, -0.25) is 0 Å². The molecule has 0 spiro atoms. The van der Waals surface area contributed by atoms with Gasteiger partial charge in [0.2, 0.25) is 5.95 Å². The Morgan fingerprint density at radius 1 is 1.35 bits per heavy atom. The first-order valence-electron chi connectivity index (χ1n) is 5.53. The van der Waals surface area contributed by atoms with Crippen LogP contribution in [-0.2, 0) is 6.42 Å². The molecular weight excluding hydrogens is 216 g/mol. The first kappa shape index (κ1) is 9.95. The van der Waals surface area contributed by atoms with Crippen LogP contribution in [-0.4, -0.2) is 21.4 Å². The Kier molecular flexibility index (Phi) is 2.14. The van der Waals surface area contributed by atoms with Gasteiger partial charge >= 0.3 is 0 Å². The predicted molar refractivity (Wildman–Crippen MR) is 66.0 cm³/mol. The number of nitrogens with one attached hydrogen (secondary N) is 1. The van der Waals surface area contributed by atoms with E-state index < -0.39 is 0 Å². The number of nitrogen functional groups attached to an aromatic ring is 2. The summed E-state index contributed by atoms with van der Waals surface area (Å²) in [5, 5.41) is 11.1. The van der Waals surface area contributed by atoms with Crippen molar-refractivity contribution >= 4 is 11.6 Å². The molecular formula is C11H14N6. The van der Waals surface area contributed by atoms with Crippen LogP contribution >= 0.6 is 0 Å². The second kappa shape index (κ2) is 3.65. The zero-order valence-electron chi connectivity index (χ0n) is 9.30. The number of hydrogen-bond donors (Lipinski definition) is 3. The predicted octanol–water partition coefficient (Wildman–Crippen LogP) is 0.326. The quantitative estimate of drug-likeness (QED) is 0.646. The summed E-state index contributed by atoms with van der Waals surface area (Å²) in [7, 11) is 0. The maximum atomic E-state index is 5.75. The van der Waals surface area contributed by atoms with Gasteiger partial charge < -0.3 is 16.9 Å². The zero-order chi connectivity index (χ0) is 11.8. The minimum atomic E-state index is 0.249. The minimum Gasteiger partial charge on any atom is -0.384 e. The van der Waals surface area contributed by atoms with E-state index in [-0.39, 0.29) is 5.95 Å². The Balaban J connectivity index is 1.86. The van der Waals surface area contributed by atoms with Crippen LogP contribution < -0.4 is 16.9 Å². The van der Waals surface area contributed by atoms with Crippen molar-refractivity contribution in [2.75, 3.05) is 23.4 Å². The lowest BCUT2D eigenvalue weighted by atomic mass is 9.98. The number of rotatable bonds is 2. The van der Waals surface area contributed by atoms with Gasteiger partial charge in [0.1, 0.15) is 0 Å². The second-order valence-corrected chi connectivity index (χ2v) is 4.21. The van der Waals surface area contributed by atoms with Crippen LogP contribution in [0.2, 0.25) is 0 Å². The van der Waals surface area contributed by atoms with E-state index in [0.717, 1.165) is 13.0 Å². The molecule has 5 N–H and O–H groups in total. The van der Waals surface area contributed by atoms with Crippen molar-refractivity contribution in [3.05, 3.63) is 35.7 Å². The smallest absolute Gasteiger partial charge is 0.240 e. The lowest BCUT2D eigenvalue weighted by molar-refractivity contribution is 0.691. The molecule has 0 amide bonds. The zero-order valence-corrected chi connectivity index (χ0v) is 9.30. The lowest BCUT2D eigenvalue weighted by Crippen LogP contribution is -2.18. The average molecular weight is 230 g/mol. The number of anilines is 2. The summed E-state index contributed by atoms with van der Waals surface area (Å²) in [5.74, 6) is 7.08. The molecule has 0 radical (unpaired) electrons. The van der Waals surface area contributed by atoms with Gasteiger partial charge in [-0.25, -0.2) is 4.68 Å². The fourth-order valence-electron chi connectivity index (χ4n) is 2.24. The monoisotopic (exact) mass is 230 g/mol. The first-order chi connectivity index (χ1) is 8.25. The van der Waals surface area contributed by atoms with E-state index in [1.807, 2.05) is 12.1 Å². The van der Waals surface area contributed by atoms with Crippen molar-refractivity contribution in [1.29, 1.82) is 0 Å². The lowest BCUT2D eigenvalue weighted by Gasteiger charge is -2.09. The minimum absolute atomic E-state index is 0.249. The van der Waals surface area contributed by atoms with E-state index in [1.165, 1.54) is 15.9 Å². The van der Waals surface area contributed by atoms with Crippen LogP contribution in [0.25, 0.3) is 0 Å². The van der Waals surface area contributed by atoms with Crippen LogP contribution in [0.15, 0.2) is 24.3 Å². The summed E-state index contributed by atoms with van der Waals surface area (Å²) in [5.41, 5.74) is 8.05. The van der Waals surface area contributed by atoms with Gasteiger partial charge in [0.05, 0.1) is 0 Å². The van der Waals surface area contributed by atoms with Crippen LogP contribution in [0, 0.1) is 0 Å². The molecule has 17 heavy (non-hydrogen) atoms. The Labute approximate surface area is 98.6 Å². The topological polar surface area (TPSA) is 94.8 Å². The Morgan fingerprint density at radius 2 is 2.18 bits per heavy atom. The van der Waals surface area contributed by atoms with E-state index >= 15 is 0 Å². The van der Waals surface area contributed by atoms with E-state index in [9.17, 15) is 0 Å². The highest BCUT2D eigenvalue weighted by Crippen LogP contribution is 2.32. The van der Waals surface area contributed by atoms with E-state index in [0.29, 0.717) is 11.7 Å². The van der Waals surface area contributed by atoms with Gasteiger partial charge in [0.25, 0.3) is 0 Å². The number of hydrogen-bond acceptors (Lipinski definition) is 5. The van der Waals surface area contributed by atoms with Crippen LogP contribution in [0.5, 0.6) is 0 Å². The molecule has 0 saturated carbocycles. The third-order valence-corrected chi connectivity index (χ3v) is 3.16. The normalized spacial score (nSPS) is 17.8. The fraction of sp³-hybridized carbons (Fsp3) is 0.273. The number of nitrogens with two attached hydrogens (primary N) is 2. The fourth-order valence-corrected chi connectivity index (χ4v) is 2.24. The molecule has 0 bridgehead atoms. The molecule has 0 aliphatic carbocycles. The molecule has 2 heterocycles. The Bertz CT molecular complexity index is 547. The van der Waals surface area contributed by atoms with Crippen LogP contribution in [0.1, 0.15) is 17.3 Å². The molecule has 1 atom stereocenters. The van der Waals surface area contributed by atoms with Gasteiger partial charge in [0.15, 0.2) is 5.82 Å². The van der Waals surface area contributed by atoms with Crippen molar-refractivity contribution < 1.29 is 0 Å². The number of nitrogens with zero attached hydrogens (tertiary/aromatic N) is 3. The SMILES string of the molecule is Nc1nnc(CC2CNc3ccccc32)n1N. The van der Waals surface area contributed by atoms with Crippen molar-refractivity contribution in [1.82, 2.24) is 14.9 Å². The number of fused-ring (bicyclic) bond motifs is 1. The largest absolute Gasteiger partial charge is 0.384 e. The maximum Gasteiger partial charge on any atom is 0.240 e. The van der Waals surface area contributed by atoms with Crippen molar-refractivity contribution in [2.45, 2.75) is 12.3 Å². The van der Waals surface area contributed by atoms with E-state index in [1.54, 1.807) is 0 Å². The van der Waals surface area contributed by atoms with Crippen molar-refractivity contribution in [3.8, 4) is 0 Å².